The topological polar surface area (TPSA) is 61.2 Å². The van der Waals surface area contributed by atoms with E-state index in [0.717, 1.165) is 5.56 Å². The summed E-state index contributed by atoms with van der Waals surface area (Å²) in [5.41, 5.74) is 8.31. The van der Waals surface area contributed by atoms with E-state index in [2.05, 4.69) is 55.3 Å². The molecule has 1 aliphatic heterocycles. The standard InChI is InChI=1S/C15H21N3O/c1-15(2,3)12-6-4-11(5-7-12)10-19-14-17-9-8-13(16)18-14/h4-9,14,17H,10H2,1-3H3,(H2,16,18)/p+1. The van der Waals surface area contributed by atoms with Crippen molar-refractivity contribution in [3.05, 3.63) is 47.7 Å². The van der Waals surface area contributed by atoms with E-state index in [1.54, 1.807) is 12.3 Å². The molecule has 0 spiro atoms. The Morgan fingerprint density at radius 3 is 2.53 bits per heavy atom. The fraction of sp³-hybridized carbons (Fsp3) is 0.400. The Balaban J connectivity index is 1.92. The van der Waals surface area contributed by atoms with Crippen molar-refractivity contribution in [1.29, 1.82) is 0 Å². The van der Waals surface area contributed by atoms with Crippen molar-refractivity contribution in [3.63, 3.8) is 0 Å². The van der Waals surface area contributed by atoms with E-state index in [1.165, 1.54) is 5.56 Å². The minimum absolute atomic E-state index is 0.181. The summed E-state index contributed by atoms with van der Waals surface area (Å²) < 4.78 is 5.69. The highest BCUT2D eigenvalue weighted by Gasteiger charge is 2.14. The Hall–Kier alpha value is -1.81. The van der Waals surface area contributed by atoms with E-state index in [1.807, 2.05) is 0 Å². The number of nitrogens with two attached hydrogens (primary N) is 1. The number of hydrogen-bond acceptors (Lipinski definition) is 3. The summed E-state index contributed by atoms with van der Waals surface area (Å²) in [5, 5.41) is 3.04. The summed E-state index contributed by atoms with van der Waals surface area (Å²) in [5.74, 6) is 0.604. The Morgan fingerprint density at radius 2 is 1.95 bits per heavy atom. The second-order valence-electron chi connectivity index (χ2n) is 5.74. The maximum Gasteiger partial charge on any atom is 0.276 e. The van der Waals surface area contributed by atoms with Gasteiger partial charge in [0.1, 0.15) is 0 Å². The average molecular weight is 260 g/mol. The van der Waals surface area contributed by atoms with Crippen LogP contribution in [0.25, 0.3) is 0 Å². The maximum atomic E-state index is 5.69. The van der Waals surface area contributed by atoms with Gasteiger partial charge in [-0.1, -0.05) is 45.0 Å². The third kappa shape index (κ3) is 3.83. The fourth-order valence-corrected chi connectivity index (χ4v) is 1.84. The van der Waals surface area contributed by atoms with E-state index < -0.39 is 0 Å². The molecule has 0 amide bonds. The molecule has 1 atom stereocenters. The lowest BCUT2D eigenvalue weighted by Gasteiger charge is -2.19. The summed E-state index contributed by atoms with van der Waals surface area (Å²) >= 11 is 0. The summed E-state index contributed by atoms with van der Waals surface area (Å²) in [7, 11) is 0. The van der Waals surface area contributed by atoms with Crippen LogP contribution in [0, 0.1) is 0 Å². The van der Waals surface area contributed by atoms with Crippen LogP contribution in [0.5, 0.6) is 0 Å². The summed E-state index contributed by atoms with van der Waals surface area (Å²) in [4.78, 5) is 3.00. The lowest BCUT2D eigenvalue weighted by molar-refractivity contribution is -0.571. The van der Waals surface area contributed by atoms with Crippen LogP contribution in [-0.2, 0) is 16.8 Å². The molecule has 1 unspecified atom stereocenters. The maximum absolute atomic E-state index is 5.69. The van der Waals surface area contributed by atoms with Crippen LogP contribution in [0.15, 0.2) is 36.5 Å². The van der Waals surface area contributed by atoms with Gasteiger partial charge in [0.25, 0.3) is 12.2 Å². The number of benzene rings is 1. The SMILES string of the molecule is CC(C)(C)c1ccc(COC2NC=CC(N)=[NH+]2)cc1. The van der Waals surface area contributed by atoms with Crippen molar-refractivity contribution in [1.82, 2.24) is 5.32 Å². The molecule has 19 heavy (non-hydrogen) atoms. The summed E-state index contributed by atoms with van der Waals surface area (Å²) in [6.07, 6.45) is 3.27. The molecule has 1 heterocycles. The van der Waals surface area contributed by atoms with Gasteiger partial charge in [0.05, 0.1) is 6.61 Å². The zero-order valence-corrected chi connectivity index (χ0v) is 11.7. The number of ether oxygens (including phenoxy) is 1. The van der Waals surface area contributed by atoms with Crippen molar-refractivity contribution >= 4 is 5.84 Å². The molecular formula is C15H22N3O+. The summed E-state index contributed by atoms with van der Waals surface area (Å²) in [6, 6.07) is 8.51. The third-order valence-electron chi connectivity index (χ3n) is 3.04. The highest BCUT2D eigenvalue weighted by Crippen LogP contribution is 2.22. The second kappa shape index (κ2) is 5.45. The first-order chi connectivity index (χ1) is 8.95. The first-order valence-electron chi connectivity index (χ1n) is 6.48. The third-order valence-corrected chi connectivity index (χ3v) is 3.04. The molecule has 0 aromatic heterocycles. The van der Waals surface area contributed by atoms with Gasteiger partial charge in [-0.15, -0.1) is 0 Å². The van der Waals surface area contributed by atoms with Gasteiger partial charge in [-0.25, -0.2) is 4.99 Å². The largest absolute Gasteiger partial charge is 0.330 e. The van der Waals surface area contributed by atoms with E-state index in [-0.39, 0.29) is 11.8 Å². The molecule has 0 saturated heterocycles. The van der Waals surface area contributed by atoms with Gasteiger partial charge in [0, 0.05) is 12.3 Å². The molecule has 4 N–H and O–H groups in total. The van der Waals surface area contributed by atoms with Crippen LogP contribution in [0.1, 0.15) is 31.9 Å². The van der Waals surface area contributed by atoms with Crippen LogP contribution < -0.4 is 16.0 Å². The predicted octanol–water partition coefficient (Wildman–Crippen LogP) is 0.339. The van der Waals surface area contributed by atoms with Crippen LogP contribution in [0.2, 0.25) is 0 Å². The number of hydrogen-bond donors (Lipinski definition) is 3. The Morgan fingerprint density at radius 1 is 1.26 bits per heavy atom. The Kier molecular flexibility index (Phi) is 3.90. The van der Waals surface area contributed by atoms with Crippen molar-refractivity contribution in [2.24, 2.45) is 5.73 Å². The molecule has 2 rings (SSSR count). The van der Waals surface area contributed by atoms with E-state index in [0.29, 0.717) is 12.4 Å². The lowest BCUT2D eigenvalue weighted by atomic mass is 9.87. The molecule has 0 aliphatic carbocycles. The number of amidine groups is 1. The van der Waals surface area contributed by atoms with Gasteiger partial charge in [-0.05, 0) is 16.5 Å². The minimum atomic E-state index is -0.271. The monoisotopic (exact) mass is 260 g/mol. The molecular weight excluding hydrogens is 238 g/mol. The quantitative estimate of drug-likeness (QED) is 0.734. The molecule has 1 aromatic rings. The molecule has 0 bridgehead atoms. The van der Waals surface area contributed by atoms with Crippen molar-refractivity contribution < 1.29 is 9.73 Å². The number of rotatable bonds is 3. The molecule has 0 saturated carbocycles. The zero-order chi connectivity index (χ0) is 13.9. The Labute approximate surface area is 114 Å². The molecule has 4 heteroatoms. The average Bonchev–Trinajstić information content (AvgIpc) is 2.36. The van der Waals surface area contributed by atoms with Crippen molar-refractivity contribution in [2.45, 2.75) is 39.1 Å². The fourth-order valence-electron chi connectivity index (χ4n) is 1.84. The van der Waals surface area contributed by atoms with Crippen molar-refractivity contribution in [2.75, 3.05) is 0 Å². The Bertz CT molecular complexity index is 483. The van der Waals surface area contributed by atoms with E-state index >= 15 is 0 Å². The first kappa shape index (κ1) is 13.6. The molecule has 0 fully saturated rings. The van der Waals surface area contributed by atoms with Crippen LogP contribution in [0.3, 0.4) is 0 Å². The molecule has 102 valence electrons. The molecule has 1 aliphatic rings. The molecule has 4 nitrogen and oxygen atoms in total. The highest BCUT2D eigenvalue weighted by atomic mass is 16.5. The summed E-state index contributed by atoms with van der Waals surface area (Å²) in [6.45, 7) is 7.16. The van der Waals surface area contributed by atoms with E-state index in [9.17, 15) is 0 Å². The van der Waals surface area contributed by atoms with Crippen LogP contribution >= 0.6 is 0 Å². The second-order valence-corrected chi connectivity index (χ2v) is 5.74. The lowest BCUT2D eigenvalue weighted by Crippen LogP contribution is -2.86. The van der Waals surface area contributed by atoms with Gasteiger partial charge >= 0.3 is 0 Å². The normalized spacial score (nSPS) is 18.9. The minimum Gasteiger partial charge on any atom is -0.330 e. The number of nitrogens with one attached hydrogen (secondary N) is 2. The smallest absolute Gasteiger partial charge is 0.276 e. The van der Waals surface area contributed by atoms with Crippen molar-refractivity contribution in [3.8, 4) is 0 Å². The predicted molar refractivity (Wildman–Crippen MR) is 76.2 cm³/mol. The van der Waals surface area contributed by atoms with Crippen LogP contribution in [0.4, 0.5) is 0 Å². The van der Waals surface area contributed by atoms with Gasteiger partial charge < -0.3 is 10.1 Å². The first-order valence-corrected chi connectivity index (χ1v) is 6.48. The van der Waals surface area contributed by atoms with Crippen LogP contribution in [-0.4, -0.2) is 12.2 Å². The highest BCUT2D eigenvalue weighted by molar-refractivity contribution is 5.86. The molecule has 1 aromatic carbocycles. The van der Waals surface area contributed by atoms with Gasteiger partial charge in [0.2, 0.25) is 0 Å². The molecule has 0 radical (unpaired) electrons. The van der Waals surface area contributed by atoms with E-state index in [4.69, 9.17) is 10.5 Å². The van der Waals surface area contributed by atoms with Gasteiger partial charge in [-0.3, -0.25) is 5.73 Å². The van der Waals surface area contributed by atoms with Gasteiger partial charge in [0.15, 0.2) is 0 Å². The van der Waals surface area contributed by atoms with Gasteiger partial charge in [-0.2, -0.15) is 0 Å². The zero-order valence-electron chi connectivity index (χ0n) is 11.7.